The number of rotatable bonds is 4. The van der Waals surface area contributed by atoms with Crippen molar-refractivity contribution in [3.8, 4) is 0 Å². The summed E-state index contributed by atoms with van der Waals surface area (Å²) in [5.41, 5.74) is -1.66. The SMILES string of the molecule is CSc1cccc(NC(=O)N2CCN(c3ccc(C(=O)O)c(C(F)(F)F)n3)CC2)c1. The third-order valence-electron chi connectivity index (χ3n) is 4.59. The Balaban J connectivity index is 1.66. The smallest absolute Gasteiger partial charge is 0.434 e. The fourth-order valence-electron chi connectivity index (χ4n) is 3.06. The Morgan fingerprint density at radius 1 is 1.13 bits per heavy atom. The number of benzene rings is 1. The number of pyridine rings is 1. The van der Waals surface area contributed by atoms with Crippen LogP contribution >= 0.6 is 11.8 Å². The van der Waals surface area contributed by atoms with E-state index >= 15 is 0 Å². The first-order valence-electron chi connectivity index (χ1n) is 8.95. The monoisotopic (exact) mass is 440 g/mol. The maximum atomic E-state index is 13.2. The van der Waals surface area contributed by atoms with Gasteiger partial charge in [-0.05, 0) is 36.6 Å². The number of nitrogens with one attached hydrogen (secondary N) is 1. The lowest BCUT2D eigenvalue weighted by molar-refractivity contribution is -0.141. The minimum atomic E-state index is -4.88. The van der Waals surface area contributed by atoms with Crippen molar-refractivity contribution >= 4 is 35.3 Å². The van der Waals surface area contributed by atoms with Crippen LogP contribution in [-0.2, 0) is 6.18 Å². The Labute approximate surface area is 174 Å². The lowest BCUT2D eigenvalue weighted by Crippen LogP contribution is -2.50. The number of carboxylic acids is 1. The van der Waals surface area contributed by atoms with Gasteiger partial charge in [0.15, 0.2) is 5.69 Å². The molecule has 0 saturated carbocycles. The maximum absolute atomic E-state index is 13.2. The molecule has 0 unspecified atom stereocenters. The van der Waals surface area contributed by atoms with E-state index in [-0.39, 0.29) is 38.0 Å². The fraction of sp³-hybridized carbons (Fsp3) is 0.316. The number of thioether (sulfide) groups is 1. The third kappa shape index (κ3) is 4.96. The van der Waals surface area contributed by atoms with Gasteiger partial charge in [-0.1, -0.05) is 6.07 Å². The summed E-state index contributed by atoms with van der Waals surface area (Å²) in [6.07, 6.45) is -2.95. The van der Waals surface area contributed by atoms with Gasteiger partial charge in [0.25, 0.3) is 0 Å². The Morgan fingerprint density at radius 3 is 2.43 bits per heavy atom. The number of alkyl halides is 3. The van der Waals surface area contributed by atoms with Crippen molar-refractivity contribution in [2.45, 2.75) is 11.1 Å². The minimum Gasteiger partial charge on any atom is -0.478 e. The molecule has 11 heteroatoms. The van der Waals surface area contributed by atoms with Crippen LogP contribution in [0.5, 0.6) is 0 Å². The number of amides is 2. The van der Waals surface area contributed by atoms with Crippen molar-refractivity contribution in [3.05, 3.63) is 47.7 Å². The molecule has 2 amide bonds. The number of hydrogen-bond donors (Lipinski definition) is 2. The number of halogens is 3. The van der Waals surface area contributed by atoms with Crippen molar-refractivity contribution in [1.29, 1.82) is 0 Å². The van der Waals surface area contributed by atoms with Crippen molar-refractivity contribution in [1.82, 2.24) is 9.88 Å². The van der Waals surface area contributed by atoms with Crippen LogP contribution in [0.4, 0.5) is 29.5 Å². The van der Waals surface area contributed by atoms with Crippen LogP contribution in [-0.4, -0.2) is 59.4 Å². The summed E-state index contributed by atoms with van der Waals surface area (Å²) < 4.78 is 39.5. The van der Waals surface area contributed by atoms with E-state index in [2.05, 4.69) is 10.3 Å². The molecule has 2 heterocycles. The van der Waals surface area contributed by atoms with Crippen LogP contribution in [0.15, 0.2) is 41.3 Å². The van der Waals surface area contributed by atoms with E-state index in [0.717, 1.165) is 11.0 Å². The van der Waals surface area contributed by atoms with E-state index in [4.69, 9.17) is 5.11 Å². The number of aromatic carboxylic acids is 1. The second kappa shape index (κ2) is 8.82. The molecule has 1 fully saturated rings. The Bertz CT molecular complexity index is 947. The van der Waals surface area contributed by atoms with Crippen LogP contribution in [0.25, 0.3) is 0 Å². The highest BCUT2D eigenvalue weighted by Crippen LogP contribution is 2.32. The van der Waals surface area contributed by atoms with Crippen LogP contribution in [0, 0.1) is 0 Å². The number of carbonyl (C=O) groups is 2. The number of nitrogens with zero attached hydrogens (tertiary/aromatic N) is 3. The zero-order chi connectivity index (χ0) is 21.9. The highest BCUT2D eigenvalue weighted by Gasteiger charge is 2.38. The van der Waals surface area contributed by atoms with Gasteiger partial charge in [-0.15, -0.1) is 11.8 Å². The predicted molar refractivity (Wildman–Crippen MR) is 107 cm³/mol. The molecule has 0 bridgehead atoms. The van der Waals surface area contributed by atoms with Gasteiger partial charge in [-0.2, -0.15) is 13.2 Å². The number of urea groups is 1. The molecule has 0 atom stereocenters. The average molecular weight is 440 g/mol. The van der Waals surface area contributed by atoms with Crippen LogP contribution in [0.1, 0.15) is 16.1 Å². The number of aromatic nitrogens is 1. The topological polar surface area (TPSA) is 85.8 Å². The summed E-state index contributed by atoms with van der Waals surface area (Å²) in [5, 5.41) is 11.8. The van der Waals surface area contributed by atoms with E-state index in [9.17, 15) is 22.8 Å². The molecule has 2 aromatic rings. The summed E-state index contributed by atoms with van der Waals surface area (Å²) in [6.45, 7) is 1.12. The third-order valence-corrected chi connectivity index (χ3v) is 5.32. The van der Waals surface area contributed by atoms with Crippen LogP contribution in [0.3, 0.4) is 0 Å². The van der Waals surface area contributed by atoms with Gasteiger partial charge in [0.2, 0.25) is 0 Å². The molecule has 30 heavy (non-hydrogen) atoms. The highest BCUT2D eigenvalue weighted by molar-refractivity contribution is 7.98. The summed E-state index contributed by atoms with van der Waals surface area (Å²) in [5.74, 6) is -1.66. The standard InChI is InChI=1S/C19H19F3N4O3S/c1-30-13-4-2-3-12(11-13)23-18(29)26-9-7-25(8-10-26)15-6-5-14(17(27)28)16(24-15)19(20,21)22/h2-6,11H,7-10H2,1H3,(H,23,29)(H,27,28). The Kier molecular flexibility index (Phi) is 6.40. The van der Waals surface area contributed by atoms with Crippen LogP contribution < -0.4 is 10.2 Å². The molecule has 0 aliphatic carbocycles. The second-order valence-electron chi connectivity index (χ2n) is 6.50. The number of anilines is 2. The molecule has 0 spiro atoms. The second-order valence-corrected chi connectivity index (χ2v) is 7.38. The molecule has 160 valence electrons. The largest absolute Gasteiger partial charge is 0.478 e. The molecule has 3 rings (SSSR count). The summed E-state index contributed by atoms with van der Waals surface area (Å²) in [4.78, 5) is 31.3. The average Bonchev–Trinajstić information content (AvgIpc) is 2.73. The van der Waals surface area contributed by atoms with E-state index in [1.165, 1.54) is 6.07 Å². The zero-order valence-electron chi connectivity index (χ0n) is 15.9. The number of carbonyl (C=O) groups excluding carboxylic acids is 1. The van der Waals surface area contributed by atoms with Gasteiger partial charge in [0.1, 0.15) is 5.82 Å². The molecular formula is C19H19F3N4O3S. The van der Waals surface area contributed by atoms with E-state index < -0.39 is 23.4 Å². The molecule has 1 aliphatic rings. The fourth-order valence-corrected chi connectivity index (χ4v) is 3.52. The minimum absolute atomic E-state index is 0.0278. The van der Waals surface area contributed by atoms with Gasteiger partial charge < -0.3 is 20.2 Å². The van der Waals surface area contributed by atoms with Crippen molar-refractivity contribution in [3.63, 3.8) is 0 Å². The number of carboxylic acid groups (broad SMARTS) is 1. The highest BCUT2D eigenvalue weighted by atomic mass is 32.2. The molecular weight excluding hydrogens is 421 g/mol. The van der Waals surface area contributed by atoms with Gasteiger partial charge in [0, 0.05) is 36.8 Å². The maximum Gasteiger partial charge on any atom is 0.434 e. The quantitative estimate of drug-likeness (QED) is 0.702. The van der Waals surface area contributed by atoms with Gasteiger partial charge in [-0.25, -0.2) is 14.6 Å². The Morgan fingerprint density at radius 2 is 1.83 bits per heavy atom. The van der Waals surface area contributed by atoms with E-state index in [0.29, 0.717) is 5.69 Å². The van der Waals surface area contributed by atoms with Gasteiger partial charge >= 0.3 is 18.2 Å². The van der Waals surface area contributed by atoms with Gasteiger partial charge in [-0.3, -0.25) is 0 Å². The van der Waals surface area contributed by atoms with Gasteiger partial charge in [0.05, 0.1) is 5.56 Å². The normalized spacial score (nSPS) is 14.5. The molecule has 0 radical (unpaired) electrons. The zero-order valence-corrected chi connectivity index (χ0v) is 16.8. The number of hydrogen-bond acceptors (Lipinski definition) is 5. The molecule has 7 nitrogen and oxygen atoms in total. The first-order valence-corrected chi connectivity index (χ1v) is 10.2. The molecule has 1 aromatic heterocycles. The van der Waals surface area contributed by atoms with Crippen molar-refractivity contribution in [2.75, 3.05) is 42.7 Å². The summed E-state index contributed by atoms with van der Waals surface area (Å²) in [7, 11) is 0. The van der Waals surface area contributed by atoms with Crippen molar-refractivity contribution in [2.24, 2.45) is 0 Å². The predicted octanol–water partition coefficient (Wildman–Crippen LogP) is 3.87. The molecule has 2 N–H and O–H groups in total. The molecule has 1 aliphatic heterocycles. The summed E-state index contributed by atoms with van der Waals surface area (Å²) >= 11 is 1.55. The first-order chi connectivity index (χ1) is 14.2. The first kappa shape index (κ1) is 21.8. The van der Waals surface area contributed by atoms with E-state index in [1.807, 2.05) is 24.5 Å². The Hall–Kier alpha value is -2.95. The lowest BCUT2D eigenvalue weighted by Gasteiger charge is -2.35. The molecule has 1 saturated heterocycles. The van der Waals surface area contributed by atoms with Crippen molar-refractivity contribution < 1.29 is 27.9 Å². The van der Waals surface area contributed by atoms with Crippen LogP contribution in [0.2, 0.25) is 0 Å². The number of piperazine rings is 1. The summed E-state index contributed by atoms with van der Waals surface area (Å²) in [6, 6.07) is 9.26. The van der Waals surface area contributed by atoms with E-state index in [1.54, 1.807) is 27.6 Å². The lowest BCUT2D eigenvalue weighted by atomic mass is 10.1. The molecule has 1 aromatic carbocycles.